The van der Waals surface area contributed by atoms with Crippen LogP contribution in [0.1, 0.15) is 45.7 Å². The molecule has 118 valence electrons. The van der Waals surface area contributed by atoms with E-state index in [1.54, 1.807) is 12.3 Å². The summed E-state index contributed by atoms with van der Waals surface area (Å²) < 4.78 is 0. The third kappa shape index (κ3) is 6.92. The summed E-state index contributed by atoms with van der Waals surface area (Å²) in [5.41, 5.74) is 0.814. The van der Waals surface area contributed by atoms with Gasteiger partial charge in [0.1, 0.15) is 0 Å². The number of amides is 1. The fraction of sp³-hybridized carbons (Fsp3) is 0.667. The summed E-state index contributed by atoms with van der Waals surface area (Å²) in [4.78, 5) is 22.5. The normalized spacial score (nSPS) is 12.9. The smallest absolute Gasteiger partial charge is 0.303 e. The van der Waals surface area contributed by atoms with E-state index in [4.69, 9.17) is 5.11 Å². The number of aromatic nitrogens is 2. The van der Waals surface area contributed by atoms with Crippen molar-refractivity contribution >= 4 is 11.9 Å². The van der Waals surface area contributed by atoms with Crippen LogP contribution < -0.4 is 5.32 Å². The minimum atomic E-state index is -0.771. The van der Waals surface area contributed by atoms with Crippen LogP contribution in [0.4, 0.5) is 0 Å². The highest BCUT2D eigenvalue weighted by Gasteiger charge is 2.24. The van der Waals surface area contributed by atoms with Crippen molar-refractivity contribution < 1.29 is 14.7 Å². The first-order valence-electron chi connectivity index (χ1n) is 7.26. The molecule has 0 radical (unpaired) electrons. The van der Waals surface area contributed by atoms with E-state index in [-0.39, 0.29) is 30.1 Å². The van der Waals surface area contributed by atoms with E-state index < -0.39 is 5.97 Å². The van der Waals surface area contributed by atoms with E-state index in [2.05, 4.69) is 36.3 Å². The number of carbonyl (C=O) groups is 2. The van der Waals surface area contributed by atoms with Gasteiger partial charge in [0.15, 0.2) is 0 Å². The molecule has 1 aromatic rings. The second kappa shape index (κ2) is 7.81. The van der Waals surface area contributed by atoms with Crippen LogP contribution in [0, 0.1) is 11.3 Å². The molecular weight excluding hydrogens is 270 g/mol. The highest BCUT2D eigenvalue weighted by molar-refractivity contribution is 5.77. The Morgan fingerprint density at radius 3 is 2.62 bits per heavy atom. The van der Waals surface area contributed by atoms with Gasteiger partial charge in [0.2, 0.25) is 5.91 Å². The summed E-state index contributed by atoms with van der Waals surface area (Å²) in [6.45, 7) is 6.87. The molecule has 0 saturated carbocycles. The van der Waals surface area contributed by atoms with E-state index in [9.17, 15) is 9.59 Å². The molecule has 0 aliphatic carbocycles. The fourth-order valence-electron chi connectivity index (χ4n) is 2.31. The predicted octanol–water partition coefficient (Wildman–Crippen LogP) is 1.99. The van der Waals surface area contributed by atoms with E-state index in [0.29, 0.717) is 13.0 Å². The molecule has 0 spiro atoms. The van der Waals surface area contributed by atoms with Gasteiger partial charge in [-0.15, -0.1) is 0 Å². The molecule has 3 N–H and O–H groups in total. The lowest BCUT2D eigenvalue weighted by Gasteiger charge is -2.30. The van der Waals surface area contributed by atoms with Gasteiger partial charge in [-0.2, -0.15) is 5.10 Å². The third-order valence-electron chi connectivity index (χ3n) is 3.66. The van der Waals surface area contributed by atoms with Gasteiger partial charge in [-0.3, -0.25) is 14.7 Å². The van der Waals surface area contributed by atoms with E-state index in [0.717, 1.165) is 12.1 Å². The van der Waals surface area contributed by atoms with Crippen molar-refractivity contribution in [2.45, 2.75) is 46.5 Å². The largest absolute Gasteiger partial charge is 0.481 e. The summed E-state index contributed by atoms with van der Waals surface area (Å²) in [6.07, 6.45) is 3.49. The zero-order chi connectivity index (χ0) is 15.9. The van der Waals surface area contributed by atoms with Crippen LogP contribution in [0.5, 0.6) is 0 Å². The molecular formula is C15H25N3O3. The molecule has 6 heteroatoms. The Morgan fingerprint density at radius 2 is 2.10 bits per heavy atom. The molecule has 1 aromatic heterocycles. The zero-order valence-corrected chi connectivity index (χ0v) is 13.0. The molecule has 0 aliphatic rings. The Labute approximate surface area is 125 Å². The molecule has 1 amide bonds. The Balaban J connectivity index is 2.35. The molecule has 0 fully saturated rings. The van der Waals surface area contributed by atoms with Crippen LogP contribution >= 0.6 is 0 Å². The van der Waals surface area contributed by atoms with Crippen molar-refractivity contribution in [2.75, 3.05) is 6.54 Å². The maximum Gasteiger partial charge on any atom is 0.303 e. The Kier molecular flexibility index (Phi) is 6.39. The molecule has 1 heterocycles. The quantitative estimate of drug-likeness (QED) is 0.683. The van der Waals surface area contributed by atoms with Crippen LogP contribution in [0.3, 0.4) is 0 Å². The van der Waals surface area contributed by atoms with Gasteiger partial charge in [-0.25, -0.2) is 0 Å². The van der Waals surface area contributed by atoms with Crippen molar-refractivity contribution in [2.24, 2.45) is 11.3 Å². The number of carboxylic acid groups (broad SMARTS) is 1. The summed E-state index contributed by atoms with van der Waals surface area (Å²) in [5, 5.41) is 18.2. The van der Waals surface area contributed by atoms with Crippen molar-refractivity contribution in [1.29, 1.82) is 0 Å². The summed E-state index contributed by atoms with van der Waals surface area (Å²) in [7, 11) is 0. The van der Waals surface area contributed by atoms with Gasteiger partial charge >= 0.3 is 5.97 Å². The maximum absolute atomic E-state index is 11.8. The first-order valence-corrected chi connectivity index (χ1v) is 7.26. The molecule has 21 heavy (non-hydrogen) atoms. The highest BCUT2D eigenvalue weighted by Crippen LogP contribution is 2.32. The monoisotopic (exact) mass is 295 g/mol. The molecule has 0 bridgehead atoms. The molecule has 1 rings (SSSR count). The molecule has 0 saturated heterocycles. The second-order valence-corrected chi connectivity index (χ2v) is 6.39. The topological polar surface area (TPSA) is 95.1 Å². The van der Waals surface area contributed by atoms with Gasteiger partial charge in [-0.05, 0) is 30.2 Å². The second-order valence-electron chi connectivity index (χ2n) is 6.39. The van der Waals surface area contributed by atoms with Gasteiger partial charge in [0.25, 0.3) is 0 Å². The van der Waals surface area contributed by atoms with Gasteiger partial charge in [0.05, 0.1) is 6.42 Å². The van der Waals surface area contributed by atoms with Crippen LogP contribution in [0.2, 0.25) is 0 Å². The molecule has 0 aromatic carbocycles. The van der Waals surface area contributed by atoms with Crippen molar-refractivity contribution in [3.8, 4) is 0 Å². The van der Waals surface area contributed by atoms with Crippen molar-refractivity contribution in [3.63, 3.8) is 0 Å². The van der Waals surface area contributed by atoms with Crippen LogP contribution in [0.15, 0.2) is 12.3 Å². The van der Waals surface area contributed by atoms with Gasteiger partial charge in [-0.1, -0.05) is 20.8 Å². The summed E-state index contributed by atoms with van der Waals surface area (Å²) in [6, 6.07) is 1.77. The number of hydrogen-bond acceptors (Lipinski definition) is 3. The van der Waals surface area contributed by atoms with Gasteiger partial charge in [0, 0.05) is 24.9 Å². The molecule has 1 unspecified atom stereocenters. The average molecular weight is 295 g/mol. The van der Waals surface area contributed by atoms with Crippen LogP contribution in [0.25, 0.3) is 0 Å². The summed E-state index contributed by atoms with van der Waals surface area (Å²) in [5.74, 6) is -0.557. The van der Waals surface area contributed by atoms with Crippen LogP contribution in [-0.4, -0.2) is 33.7 Å². The number of carbonyl (C=O) groups excluding carboxylic acids is 1. The molecule has 6 nitrogen and oxygen atoms in total. The maximum atomic E-state index is 11.8. The van der Waals surface area contributed by atoms with Crippen molar-refractivity contribution in [1.82, 2.24) is 15.5 Å². The third-order valence-corrected chi connectivity index (χ3v) is 3.66. The first-order chi connectivity index (χ1) is 9.79. The molecule has 0 aliphatic heterocycles. The Hall–Kier alpha value is -1.85. The summed E-state index contributed by atoms with van der Waals surface area (Å²) >= 11 is 0. The SMILES string of the molecule is CC(C)(C)C(CCNC(=O)Cc1ccn[nH]1)CCC(=O)O. The lowest BCUT2D eigenvalue weighted by molar-refractivity contribution is -0.137. The number of nitrogens with one attached hydrogen (secondary N) is 2. The van der Waals surface area contributed by atoms with E-state index in [1.165, 1.54) is 0 Å². The number of aliphatic carboxylic acids is 1. The lowest BCUT2D eigenvalue weighted by atomic mass is 9.76. The Morgan fingerprint density at radius 1 is 1.38 bits per heavy atom. The number of H-pyrrole nitrogens is 1. The van der Waals surface area contributed by atoms with Gasteiger partial charge < -0.3 is 10.4 Å². The van der Waals surface area contributed by atoms with Crippen LogP contribution in [-0.2, 0) is 16.0 Å². The standard InChI is InChI=1S/C15H25N3O3/c1-15(2,3)11(4-5-14(20)21)6-8-16-13(19)10-12-7-9-17-18-12/h7,9,11H,4-6,8,10H2,1-3H3,(H,16,19)(H,17,18)(H,20,21). The van der Waals surface area contributed by atoms with E-state index >= 15 is 0 Å². The van der Waals surface area contributed by atoms with Crippen molar-refractivity contribution in [3.05, 3.63) is 18.0 Å². The van der Waals surface area contributed by atoms with E-state index in [1.807, 2.05) is 0 Å². The minimum absolute atomic E-state index is 0.0313. The number of carboxylic acids is 1. The minimum Gasteiger partial charge on any atom is -0.481 e. The zero-order valence-electron chi connectivity index (χ0n) is 13.0. The predicted molar refractivity (Wildman–Crippen MR) is 79.7 cm³/mol. The number of aromatic amines is 1. The first kappa shape index (κ1) is 17.2. The Bertz CT molecular complexity index is 449. The number of rotatable bonds is 8. The average Bonchev–Trinajstić information content (AvgIpc) is 2.84. The number of nitrogens with zero attached hydrogens (tertiary/aromatic N) is 1. The lowest BCUT2D eigenvalue weighted by Crippen LogP contribution is -2.30. The highest BCUT2D eigenvalue weighted by atomic mass is 16.4. The number of hydrogen-bond donors (Lipinski definition) is 3. The molecule has 1 atom stereocenters. The fourth-order valence-corrected chi connectivity index (χ4v) is 2.31.